The van der Waals surface area contributed by atoms with E-state index >= 15 is 0 Å². The summed E-state index contributed by atoms with van der Waals surface area (Å²) in [5, 5.41) is 17.6. The molecule has 0 amide bonds. The van der Waals surface area contributed by atoms with Crippen molar-refractivity contribution in [3.8, 4) is 0 Å². The first-order chi connectivity index (χ1) is 9.58. The smallest absolute Gasteiger partial charge is 0.339 e. The molecule has 0 spiro atoms. The van der Waals surface area contributed by atoms with Gasteiger partial charge < -0.3 is 10.4 Å². The summed E-state index contributed by atoms with van der Waals surface area (Å²) in [7, 11) is 1.79. The van der Waals surface area contributed by atoms with E-state index in [1.54, 1.807) is 29.7 Å². The molecule has 2 rings (SSSR count). The van der Waals surface area contributed by atoms with E-state index in [0.717, 1.165) is 17.6 Å². The summed E-state index contributed by atoms with van der Waals surface area (Å²) >= 11 is 1.73. The highest BCUT2D eigenvalue weighted by Crippen LogP contribution is 2.27. The van der Waals surface area contributed by atoms with E-state index in [1.807, 2.05) is 6.26 Å². The van der Waals surface area contributed by atoms with Gasteiger partial charge in [0.05, 0.1) is 17.3 Å². The number of hydrogen-bond acceptors (Lipinski definition) is 5. The molecule has 0 aliphatic carbocycles. The van der Waals surface area contributed by atoms with Crippen LogP contribution in [0.4, 0.5) is 5.69 Å². The van der Waals surface area contributed by atoms with Crippen molar-refractivity contribution in [3.63, 3.8) is 0 Å². The Labute approximate surface area is 121 Å². The predicted molar refractivity (Wildman–Crippen MR) is 81.6 cm³/mol. The molecule has 1 unspecified atom stereocenters. The molecule has 108 valence electrons. The second kappa shape index (κ2) is 6.13. The lowest BCUT2D eigenvalue weighted by molar-refractivity contribution is 0.0697. The number of carbonyl (C=O) groups is 1. The fourth-order valence-electron chi connectivity index (χ4n) is 2.08. The van der Waals surface area contributed by atoms with Crippen molar-refractivity contribution in [2.75, 3.05) is 17.3 Å². The predicted octanol–water partition coefficient (Wildman–Crippen LogP) is 2.22. The average molecular weight is 294 g/mol. The van der Waals surface area contributed by atoms with Crippen molar-refractivity contribution in [1.82, 2.24) is 14.8 Å². The highest BCUT2D eigenvalue weighted by Gasteiger charge is 2.19. The van der Waals surface area contributed by atoms with Crippen LogP contribution in [-0.4, -0.2) is 43.9 Å². The number of anilines is 1. The molecule has 0 aromatic carbocycles. The molecule has 0 saturated heterocycles. The van der Waals surface area contributed by atoms with Crippen molar-refractivity contribution in [3.05, 3.63) is 18.0 Å². The number of rotatable bonds is 6. The SMILES string of the molecule is CCC(CSC)Nc1c(C(=O)O)cnc2c1cnn2C. The summed E-state index contributed by atoms with van der Waals surface area (Å²) in [6.07, 6.45) is 6.00. The number of fused-ring (bicyclic) bond motifs is 1. The van der Waals surface area contributed by atoms with Gasteiger partial charge in [-0.15, -0.1) is 0 Å². The number of pyridine rings is 1. The summed E-state index contributed by atoms with van der Waals surface area (Å²) in [4.78, 5) is 15.6. The van der Waals surface area contributed by atoms with Gasteiger partial charge in [-0.3, -0.25) is 4.68 Å². The average Bonchev–Trinajstić information content (AvgIpc) is 2.80. The van der Waals surface area contributed by atoms with Crippen LogP contribution in [0.25, 0.3) is 11.0 Å². The first-order valence-corrected chi connectivity index (χ1v) is 7.77. The monoisotopic (exact) mass is 294 g/mol. The van der Waals surface area contributed by atoms with Gasteiger partial charge in [0, 0.05) is 25.0 Å². The Kier molecular flexibility index (Phi) is 4.49. The largest absolute Gasteiger partial charge is 0.478 e. The zero-order valence-electron chi connectivity index (χ0n) is 11.8. The van der Waals surface area contributed by atoms with Crippen molar-refractivity contribution in [2.45, 2.75) is 19.4 Å². The number of nitrogens with one attached hydrogen (secondary N) is 1. The molecule has 0 saturated carbocycles. The van der Waals surface area contributed by atoms with Crippen LogP contribution in [0.5, 0.6) is 0 Å². The third-order valence-electron chi connectivity index (χ3n) is 3.20. The molecule has 2 aromatic rings. The number of hydrogen-bond donors (Lipinski definition) is 2. The molecule has 0 radical (unpaired) electrons. The van der Waals surface area contributed by atoms with Crippen LogP contribution >= 0.6 is 11.8 Å². The third-order valence-corrected chi connectivity index (χ3v) is 3.94. The summed E-state index contributed by atoms with van der Waals surface area (Å²) in [6, 6.07) is 0.217. The normalized spacial score (nSPS) is 12.6. The zero-order valence-corrected chi connectivity index (χ0v) is 12.6. The molecular formula is C13H18N4O2S. The highest BCUT2D eigenvalue weighted by atomic mass is 32.2. The van der Waals surface area contributed by atoms with E-state index < -0.39 is 5.97 Å². The Hall–Kier alpha value is -1.76. The number of carboxylic acid groups (broad SMARTS) is 1. The van der Waals surface area contributed by atoms with Crippen LogP contribution < -0.4 is 5.32 Å². The summed E-state index contributed by atoms with van der Waals surface area (Å²) < 4.78 is 1.64. The van der Waals surface area contributed by atoms with E-state index in [2.05, 4.69) is 22.3 Å². The van der Waals surface area contributed by atoms with Gasteiger partial charge >= 0.3 is 5.97 Å². The Balaban J connectivity index is 2.51. The first-order valence-electron chi connectivity index (χ1n) is 6.38. The fraction of sp³-hybridized carbons (Fsp3) is 0.462. The molecule has 0 aliphatic rings. The standard InChI is InChI=1S/C13H18N4O2S/c1-4-8(7-20-3)16-11-9-6-15-17(2)12(9)14-5-10(11)13(18)19/h5-6,8H,4,7H2,1-3H3,(H,14,16)(H,18,19). The van der Waals surface area contributed by atoms with Gasteiger partial charge in [0.15, 0.2) is 5.65 Å². The maximum absolute atomic E-state index is 11.4. The lowest BCUT2D eigenvalue weighted by Gasteiger charge is -2.19. The lowest BCUT2D eigenvalue weighted by Crippen LogP contribution is -2.23. The molecule has 6 nitrogen and oxygen atoms in total. The number of aromatic carboxylic acids is 1. The van der Waals surface area contributed by atoms with Crippen LogP contribution in [0.2, 0.25) is 0 Å². The number of nitrogens with zero attached hydrogens (tertiary/aromatic N) is 3. The van der Waals surface area contributed by atoms with Gasteiger partial charge in [0.1, 0.15) is 5.56 Å². The summed E-state index contributed by atoms with van der Waals surface area (Å²) in [6.45, 7) is 2.08. The minimum atomic E-state index is -0.982. The Bertz CT molecular complexity index is 626. The van der Waals surface area contributed by atoms with Gasteiger partial charge in [0.2, 0.25) is 0 Å². The fourth-order valence-corrected chi connectivity index (χ4v) is 2.80. The van der Waals surface area contributed by atoms with Crippen LogP contribution in [-0.2, 0) is 7.05 Å². The van der Waals surface area contributed by atoms with E-state index in [-0.39, 0.29) is 11.6 Å². The third kappa shape index (κ3) is 2.72. The van der Waals surface area contributed by atoms with Crippen molar-refractivity contribution in [2.24, 2.45) is 7.05 Å². The molecule has 20 heavy (non-hydrogen) atoms. The van der Waals surface area contributed by atoms with E-state index in [9.17, 15) is 9.90 Å². The number of aromatic nitrogens is 3. The molecule has 0 fully saturated rings. The van der Waals surface area contributed by atoms with Gasteiger partial charge in [-0.25, -0.2) is 9.78 Å². The number of aryl methyl sites for hydroxylation is 1. The van der Waals surface area contributed by atoms with Crippen molar-refractivity contribution < 1.29 is 9.90 Å². The van der Waals surface area contributed by atoms with Gasteiger partial charge in [0.25, 0.3) is 0 Å². The van der Waals surface area contributed by atoms with Crippen LogP contribution in [0.15, 0.2) is 12.4 Å². The second-order valence-electron chi connectivity index (χ2n) is 4.56. The summed E-state index contributed by atoms with van der Waals surface area (Å²) in [5.74, 6) is -0.0654. The second-order valence-corrected chi connectivity index (χ2v) is 5.47. The highest BCUT2D eigenvalue weighted by molar-refractivity contribution is 7.98. The van der Waals surface area contributed by atoms with Crippen LogP contribution in [0.3, 0.4) is 0 Å². The maximum atomic E-state index is 11.4. The van der Waals surface area contributed by atoms with E-state index in [4.69, 9.17) is 0 Å². The Morgan fingerprint density at radius 3 is 2.90 bits per heavy atom. The molecule has 1 atom stereocenters. The quantitative estimate of drug-likeness (QED) is 0.850. The minimum Gasteiger partial charge on any atom is -0.478 e. The zero-order chi connectivity index (χ0) is 14.7. The Morgan fingerprint density at radius 1 is 1.55 bits per heavy atom. The molecule has 2 aromatic heterocycles. The molecule has 2 heterocycles. The number of carboxylic acids is 1. The lowest BCUT2D eigenvalue weighted by atomic mass is 10.1. The molecule has 0 aliphatic heterocycles. The molecular weight excluding hydrogens is 276 g/mol. The topological polar surface area (TPSA) is 80.0 Å². The van der Waals surface area contributed by atoms with Gasteiger partial charge in [-0.05, 0) is 12.7 Å². The minimum absolute atomic E-state index is 0.185. The Morgan fingerprint density at radius 2 is 2.30 bits per heavy atom. The summed E-state index contributed by atoms with van der Waals surface area (Å²) in [5.41, 5.74) is 1.47. The van der Waals surface area contributed by atoms with Crippen LogP contribution in [0, 0.1) is 0 Å². The van der Waals surface area contributed by atoms with Crippen molar-refractivity contribution in [1.29, 1.82) is 0 Å². The van der Waals surface area contributed by atoms with Crippen molar-refractivity contribution >= 4 is 34.5 Å². The maximum Gasteiger partial charge on any atom is 0.339 e. The molecule has 7 heteroatoms. The van der Waals surface area contributed by atoms with Gasteiger partial charge in [-0.2, -0.15) is 16.9 Å². The van der Waals surface area contributed by atoms with E-state index in [0.29, 0.717) is 11.3 Å². The van der Waals surface area contributed by atoms with E-state index in [1.165, 1.54) is 6.20 Å². The molecule has 2 N–H and O–H groups in total. The van der Waals surface area contributed by atoms with Crippen LogP contribution in [0.1, 0.15) is 23.7 Å². The molecule has 0 bridgehead atoms. The number of thioether (sulfide) groups is 1. The first kappa shape index (κ1) is 14.6. The van der Waals surface area contributed by atoms with Gasteiger partial charge in [-0.1, -0.05) is 6.92 Å².